The predicted octanol–water partition coefficient (Wildman–Crippen LogP) is 2.70. The van der Waals surface area contributed by atoms with Crippen molar-refractivity contribution in [2.24, 2.45) is 0 Å². The fraction of sp³-hybridized carbons (Fsp3) is 0.333. The lowest BCUT2D eigenvalue weighted by Crippen LogP contribution is -2.13. The zero-order valence-corrected chi connectivity index (χ0v) is 12.0. The summed E-state index contributed by atoms with van der Waals surface area (Å²) in [4.78, 5) is 8.60. The third-order valence-electron chi connectivity index (χ3n) is 2.89. The predicted molar refractivity (Wildman–Crippen MR) is 77.2 cm³/mol. The van der Waals surface area contributed by atoms with Gasteiger partial charge in [0.1, 0.15) is 0 Å². The van der Waals surface area contributed by atoms with E-state index in [1.165, 1.54) is 0 Å². The third kappa shape index (κ3) is 3.45. The van der Waals surface area contributed by atoms with Crippen molar-refractivity contribution in [2.45, 2.75) is 20.4 Å². The zero-order valence-electron chi connectivity index (χ0n) is 12.0. The Morgan fingerprint density at radius 1 is 1.20 bits per heavy atom. The Balaban J connectivity index is 2.16. The molecule has 2 aromatic rings. The van der Waals surface area contributed by atoms with E-state index in [-0.39, 0.29) is 0 Å². The number of hydrogen-bond donors (Lipinski definition) is 1. The molecule has 0 aliphatic rings. The topological polar surface area (TPSA) is 56.3 Å². The van der Waals surface area contributed by atoms with E-state index < -0.39 is 0 Å². The van der Waals surface area contributed by atoms with Crippen molar-refractivity contribution in [1.29, 1.82) is 0 Å². The molecule has 0 fully saturated rings. The Labute approximate surface area is 119 Å². The van der Waals surface area contributed by atoms with Crippen LogP contribution in [-0.2, 0) is 6.54 Å². The number of nitrogens with zero attached hydrogens (tertiary/aromatic N) is 2. The maximum absolute atomic E-state index is 5.67. The lowest BCUT2D eigenvalue weighted by Gasteiger charge is -2.10. The SMILES string of the molecule is CCNCc1cnc(Oc2ccccc2OC)nc1C. The van der Waals surface area contributed by atoms with Crippen LogP contribution in [-0.4, -0.2) is 23.6 Å². The fourth-order valence-corrected chi connectivity index (χ4v) is 1.75. The minimum Gasteiger partial charge on any atom is -0.493 e. The maximum atomic E-state index is 5.67. The average Bonchev–Trinajstić information content (AvgIpc) is 2.47. The normalized spacial score (nSPS) is 10.3. The molecule has 20 heavy (non-hydrogen) atoms. The number of para-hydroxylation sites is 2. The van der Waals surface area contributed by atoms with Gasteiger partial charge in [0, 0.05) is 24.0 Å². The van der Waals surface area contributed by atoms with Crippen molar-refractivity contribution in [3.05, 3.63) is 41.7 Å². The number of benzene rings is 1. The van der Waals surface area contributed by atoms with Crippen molar-refractivity contribution >= 4 is 0 Å². The summed E-state index contributed by atoms with van der Waals surface area (Å²) in [6.45, 7) is 5.69. The molecular formula is C15H19N3O2. The molecule has 5 nitrogen and oxygen atoms in total. The molecule has 0 aliphatic heterocycles. The number of nitrogens with one attached hydrogen (secondary N) is 1. The van der Waals surface area contributed by atoms with Gasteiger partial charge in [0.15, 0.2) is 11.5 Å². The molecule has 0 bridgehead atoms. The highest BCUT2D eigenvalue weighted by molar-refractivity contribution is 5.40. The number of ether oxygens (including phenoxy) is 2. The minimum absolute atomic E-state index is 0.326. The van der Waals surface area contributed by atoms with E-state index >= 15 is 0 Å². The Morgan fingerprint density at radius 3 is 2.60 bits per heavy atom. The first kappa shape index (κ1) is 14.3. The van der Waals surface area contributed by atoms with E-state index in [1.54, 1.807) is 13.3 Å². The second kappa shape index (κ2) is 6.86. The molecule has 0 aliphatic carbocycles. The van der Waals surface area contributed by atoms with Crippen LogP contribution in [0.3, 0.4) is 0 Å². The van der Waals surface area contributed by atoms with Gasteiger partial charge in [0.2, 0.25) is 0 Å². The number of methoxy groups -OCH3 is 1. The van der Waals surface area contributed by atoms with Crippen LogP contribution in [0.2, 0.25) is 0 Å². The highest BCUT2D eigenvalue weighted by Crippen LogP contribution is 2.29. The highest BCUT2D eigenvalue weighted by Gasteiger charge is 2.08. The molecule has 0 unspecified atom stereocenters. The monoisotopic (exact) mass is 273 g/mol. The quantitative estimate of drug-likeness (QED) is 0.877. The molecule has 0 amide bonds. The van der Waals surface area contributed by atoms with Gasteiger partial charge in [-0.15, -0.1) is 0 Å². The van der Waals surface area contributed by atoms with Crippen LogP contribution in [0.25, 0.3) is 0 Å². The number of aromatic nitrogens is 2. The molecule has 0 saturated heterocycles. The molecule has 5 heteroatoms. The number of hydrogen-bond acceptors (Lipinski definition) is 5. The molecular weight excluding hydrogens is 254 g/mol. The molecule has 0 spiro atoms. The second-order valence-corrected chi connectivity index (χ2v) is 4.30. The molecule has 1 N–H and O–H groups in total. The van der Waals surface area contributed by atoms with E-state index in [9.17, 15) is 0 Å². The Morgan fingerprint density at radius 2 is 1.95 bits per heavy atom. The number of rotatable bonds is 6. The van der Waals surface area contributed by atoms with Gasteiger partial charge in [-0.1, -0.05) is 19.1 Å². The van der Waals surface area contributed by atoms with Crippen LogP contribution in [0.4, 0.5) is 0 Å². The largest absolute Gasteiger partial charge is 0.493 e. The van der Waals surface area contributed by atoms with Crippen LogP contribution in [0.15, 0.2) is 30.5 Å². The highest BCUT2D eigenvalue weighted by atomic mass is 16.5. The van der Waals surface area contributed by atoms with Gasteiger partial charge in [-0.2, -0.15) is 4.98 Å². The summed E-state index contributed by atoms with van der Waals surface area (Å²) in [5.74, 6) is 1.26. The summed E-state index contributed by atoms with van der Waals surface area (Å²) in [5, 5.41) is 3.25. The van der Waals surface area contributed by atoms with Crippen molar-refractivity contribution in [2.75, 3.05) is 13.7 Å². The summed E-state index contributed by atoms with van der Waals surface area (Å²) in [6.07, 6.45) is 1.79. The minimum atomic E-state index is 0.326. The van der Waals surface area contributed by atoms with Gasteiger partial charge < -0.3 is 14.8 Å². The van der Waals surface area contributed by atoms with E-state index in [0.717, 1.165) is 24.3 Å². The van der Waals surface area contributed by atoms with Crippen LogP contribution in [0.5, 0.6) is 17.5 Å². The standard InChI is InChI=1S/C15H19N3O2/c1-4-16-9-12-10-17-15(18-11(12)2)20-14-8-6-5-7-13(14)19-3/h5-8,10,16H,4,9H2,1-3H3. The average molecular weight is 273 g/mol. The summed E-state index contributed by atoms with van der Waals surface area (Å²) in [6, 6.07) is 7.75. The first-order valence-electron chi connectivity index (χ1n) is 6.58. The molecule has 0 radical (unpaired) electrons. The molecule has 1 aromatic heterocycles. The van der Waals surface area contributed by atoms with Crippen LogP contribution in [0.1, 0.15) is 18.2 Å². The number of aryl methyl sites for hydroxylation is 1. The zero-order chi connectivity index (χ0) is 14.4. The molecule has 2 rings (SSSR count). The first-order valence-corrected chi connectivity index (χ1v) is 6.58. The van der Waals surface area contributed by atoms with Crippen molar-refractivity contribution in [1.82, 2.24) is 15.3 Å². The van der Waals surface area contributed by atoms with E-state index in [1.807, 2.05) is 31.2 Å². The van der Waals surface area contributed by atoms with Crippen LogP contribution < -0.4 is 14.8 Å². The lowest BCUT2D eigenvalue weighted by molar-refractivity contribution is 0.367. The Bertz CT molecular complexity index is 573. The van der Waals surface area contributed by atoms with Gasteiger partial charge in [-0.05, 0) is 25.6 Å². The first-order chi connectivity index (χ1) is 9.74. The van der Waals surface area contributed by atoms with Gasteiger partial charge in [0.25, 0.3) is 0 Å². The summed E-state index contributed by atoms with van der Waals surface area (Å²) >= 11 is 0. The van der Waals surface area contributed by atoms with Crippen LogP contribution >= 0.6 is 0 Å². The van der Waals surface area contributed by atoms with Gasteiger partial charge in [0.05, 0.1) is 7.11 Å². The van der Waals surface area contributed by atoms with E-state index in [4.69, 9.17) is 9.47 Å². The van der Waals surface area contributed by atoms with Gasteiger partial charge in [-0.3, -0.25) is 0 Å². The second-order valence-electron chi connectivity index (χ2n) is 4.30. The van der Waals surface area contributed by atoms with E-state index in [0.29, 0.717) is 17.5 Å². The Kier molecular flexibility index (Phi) is 4.90. The summed E-state index contributed by atoms with van der Waals surface area (Å²) in [5.41, 5.74) is 1.98. The van der Waals surface area contributed by atoms with Crippen molar-refractivity contribution in [3.63, 3.8) is 0 Å². The Hall–Kier alpha value is -2.14. The summed E-state index contributed by atoms with van der Waals surface area (Å²) in [7, 11) is 1.60. The van der Waals surface area contributed by atoms with Crippen molar-refractivity contribution < 1.29 is 9.47 Å². The fourth-order valence-electron chi connectivity index (χ4n) is 1.75. The van der Waals surface area contributed by atoms with E-state index in [2.05, 4.69) is 22.2 Å². The van der Waals surface area contributed by atoms with Gasteiger partial charge in [-0.25, -0.2) is 4.98 Å². The van der Waals surface area contributed by atoms with Crippen molar-refractivity contribution in [3.8, 4) is 17.5 Å². The molecule has 106 valence electrons. The molecule has 1 heterocycles. The van der Waals surface area contributed by atoms with Gasteiger partial charge >= 0.3 is 6.01 Å². The lowest BCUT2D eigenvalue weighted by atomic mass is 10.2. The third-order valence-corrected chi connectivity index (χ3v) is 2.89. The molecule has 0 atom stereocenters. The molecule has 1 aromatic carbocycles. The molecule has 0 saturated carbocycles. The smallest absolute Gasteiger partial charge is 0.322 e. The maximum Gasteiger partial charge on any atom is 0.322 e. The summed E-state index contributed by atoms with van der Waals surface area (Å²) < 4.78 is 10.9. The van der Waals surface area contributed by atoms with Crippen LogP contribution in [0, 0.1) is 6.92 Å².